The van der Waals surface area contributed by atoms with Gasteiger partial charge in [0.05, 0.1) is 23.8 Å². The number of hydrogen-bond donors (Lipinski definition) is 2. The van der Waals surface area contributed by atoms with Crippen molar-refractivity contribution in [2.45, 2.75) is 0 Å². The highest BCUT2D eigenvalue weighted by molar-refractivity contribution is 5.85. The van der Waals surface area contributed by atoms with Crippen LogP contribution in [0.1, 0.15) is 0 Å². The lowest BCUT2D eigenvalue weighted by Gasteiger charge is -1.97. The quantitative estimate of drug-likeness (QED) is 0.483. The van der Waals surface area contributed by atoms with Crippen molar-refractivity contribution in [2.75, 3.05) is 0 Å². The average molecular weight is 299 g/mol. The minimum atomic E-state index is 0.837. The summed E-state index contributed by atoms with van der Waals surface area (Å²) in [4.78, 5) is 11.3. The fraction of sp³-hybridized carbons (Fsp3) is 0. The molecule has 23 heavy (non-hydrogen) atoms. The van der Waals surface area contributed by atoms with Gasteiger partial charge in [-0.3, -0.25) is 0 Å². The maximum atomic E-state index is 5.39. The van der Waals surface area contributed by atoms with Crippen LogP contribution in [-0.2, 0) is 0 Å². The van der Waals surface area contributed by atoms with Gasteiger partial charge in [-0.15, -0.1) is 0 Å². The Morgan fingerprint density at radius 1 is 0.826 bits per heavy atom. The maximum absolute atomic E-state index is 5.39. The van der Waals surface area contributed by atoms with Crippen molar-refractivity contribution in [3.63, 3.8) is 0 Å². The SMILES string of the molecule is c1ccc2[nH]c(-c3ncc(-c4ccc5occc5c4)[nH]3)cc2c1. The molecule has 0 bridgehead atoms. The molecule has 0 spiro atoms. The van der Waals surface area contributed by atoms with Crippen LogP contribution >= 0.6 is 0 Å². The van der Waals surface area contributed by atoms with Gasteiger partial charge >= 0.3 is 0 Å². The van der Waals surface area contributed by atoms with Crippen LogP contribution in [0.15, 0.2) is 71.5 Å². The largest absolute Gasteiger partial charge is 0.464 e. The third-order valence-electron chi connectivity index (χ3n) is 4.12. The summed E-state index contributed by atoms with van der Waals surface area (Å²) in [5, 5.41) is 2.27. The summed E-state index contributed by atoms with van der Waals surface area (Å²) in [7, 11) is 0. The number of aromatic nitrogens is 3. The molecule has 2 aromatic carbocycles. The van der Waals surface area contributed by atoms with E-state index in [4.69, 9.17) is 4.42 Å². The minimum Gasteiger partial charge on any atom is -0.464 e. The highest BCUT2D eigenvalue weighted by Gasteiger charge is 2.09. The van der Waals surface area contributed by atoms with Crippen molar-refractivity contribution < 1.29 is 4.42 Å². The number of nitrogens with zero attached hydrogens (tertiary/aromatic N) is 1. The van der Waals surface area contributed by atoms with Crippen molar-refractivity contribution in [3.05, 3.63) is 67.1 Å². The molecule has 4 heteroatoms. The summed E-state index contributed by atoms with van der Waals surface area (Å²) in [5.41, 5.74) is 5.07. The number of furan rings is 1. The molecule has 0 radical (unpaired) electrons. The third-order valence-corrected chi connectivity index (χ3v) is 4.12. The monoisotopic (exact) mass is 299 g/mol. The van der Waals surface area contributed by atoms with Gasteiger partial charge in [-0.05, 0) is 36.4 Å². The molecule has 0 saturated carbocycles. The highest BCUT2D eigenvalue weighted by Crippen LogP contribution is 2.27. The fourth-order valence-corrected chi connectivity index (χ4v) is 2.94. The molecule has 3 aromatic heterocycles. The molecular weight excluding hydrogens is 286 g/mol. The lowest BCUT2D eigenvalue weighted by Crippen LogP contribution is -1.81. The molecule has 0 amide bonds. The Bertz CT molecular complexity index is 1080. The van der Waals surface area contributed by atoms with Gasteiger partial charge in [0.1, 0.15) is 5.58 Å². The van der Waals surface area contributed by atoms with E-state index in [0.717, 1.165) is 39.3 Å². The predicted octanol–water partition coefficient (Wildman–Crippen LogP) is 4.97. The molecule has 4 nitrogen and oxygen atoms in total. The zero-order valence-electron chi connectivity index (χ0n) is 12.2. The van der Waals surface area contributed by atoms with E-state index in [1.54, 1.807) is 6.26 Å². The normalized spacial score (nSPS) is 11.5. The van der Waals surface area contributed by atoms with Gasteiger partial charge in [0, 0.05) is 21.9 Å². The van der Waals surface area contributed by atoms with Gasteiger partial charge in [0.2, 0.25) is 0 Å². The molecule has 2 N–H and O–H groups in total. The van der Waals surface area contributed by atoms with Gasteiger partial charge in [0.25, 0.3) is 0 Å². The standard InChI is InChI=1S/C19H13N3O/c1-2-4-15-12(3-1)10-16(21-15)19-20-11-17(22-19)13-5-6-18-14(9-13)7-8-23-18/h1-11,21H,(H,20,22). The lowest BCUT2D eigenvalue weighted by atomic mass is 10.1. The summed E-state index contributed by atoms with van der Waals surface area (Å²) in [6.45, 7) is 0. The topological polar surface area (TPSA) is 57.6 Å². The molecule has 5 rings (SSSR count). The molecule has 0 unspecified atom stereocenters. The van der Waals surface area contributed by atoms with Gasteiger partial charge in [-0.2, -0.15) is 0 Å². The number of hydrogen-bond acceptors (Lipinski definition) is 2. The number of benzene rings is 2. The summed E-state index contributed by atoms with van der Waals surface area (Å²) in [5.74, 6) is 0.837. The number of H-pyrrole nitrogens is 2. The van der Waals surface area contributed by atoms with E-state index in [-0.39, 0.29) is 0 Å². The molecule has 110 valence electrons. The zero-order valence-corrected chi connectivity index (χ0v) is 12.2. The number of aromatic amines is 2. The van der Waals surface area contributed by atoms with Gasteiger partial charge in [-0.1, -0.05) is 18.2 Å². The Balaban J connectivity index is 1.58. The van der Waals surface area contributed by atoms with Crippen molar-refractivity contribution >= 4 is 21.9 Å². The van der Waals surface area contributed by atoms with E-state index in [2.05, 4.69) is 39.2 Å². The van der Waals surface area contributed by atoms with Crippen LogP contribution in [0.4, 0.5) is 0 Å². The van der Waals surface area contributed by atoms with Crippen molar-refractivity contribution in [3.8, 4) is 22.8 Å². The average Bonchev–Trinajstić information content (AvgIpc) is 3.31. The van der Waals surface area contributed by atoms with E-state index in [0.29, 0.717) is 0 Å². The molecule has 0 aliphatic rings. The molecule has 0 aliphatic heterocycles. The lowest BCUT2D eigenvalue weighted by molar-refractivity contribution is 0.616. The van der Waals surface area contributed by atoms with Crippen LogP contribution in [0.3, 0.4) is 0 Å². The summed E-state index contributed by atoms with van der Waals surface area (Å²) in [6.07, 6.45) is 3.57. The first-order valence-electron chi connectivity index (χ1n) is 7.48. The van der Waals surface area contributed by atoms with Crippen molar-refractivity contribution in [2.24, 2.45) is 0 Å². The Kier molecular flexibility index (Phi) is 2.46. The van der Waals surface area contributed by atoms with Crippen LogP contribution in [0, 0.1) is 0 Å². The molecule has 0 aliphatic carbocycles. The van der Waals surface area contributed by atoms with Crippen LogP contribution in [0.2, 0.25) is 0 Å². The number of imidazole rings is 1. The van der Waals surface area contributed by atoms with Gasteiger partial charge < -0.3 is 14.4 Å². The summed E-state index contributed by atoms with van der Waals surface area (Å²) < 4.78 is 5.39. The van der Waals surface area contributed by atoms with Gasteiger partial charge in [-0.25, -0.2) is 4.98 Å². The van der Waals surface area contributed by atoms with Crippen LogP contribution in [0.25, 0.3) is 44.6 Å². The van der Waals surface area contributed by atoms with Crippen LogP contribution in [-0.4, -0.2) is 15.0 Å². The molecule has 0 fully saturated rings. The van der Waals surface area contributed by atoms with E-state index >= 15 is 0 Å². The number of nitrogens with one attached hydrogen (secondary N) is 2. The summed E-state index contributed by atoms with van der Waals surface area (Å²) in [6, 6.07) is 18.4. The smallest absolute Gasteiger partial charge is 0.154 e. The first kappa shape index (κ1) is 12.3. The Hall–Kier alpha value is -3.27. The van der Waals surface area contributed by atoms with Crippen LogP contribution < -0.4 is 0 Å². The highest BCUT2D eigenvalue weighted by atomic mass is 16.3. The molecule has 3 heterocycles. The number of fused-ring (bicyclic) bond motifs is 2. The zero-order chi connectivity index (χ0) is 15.2. The second-order valence-corrected chi connectivity index (χ2v) is 5.59. The second-order valence-electron chi connectivity index (χ2n) is 5.59. The molecule has 0 atom stereocenters. The van der Waals surface area contributed by atoms with Crippen LogP contribution in [0.5, 0.6) is 0 Å². The second kappa shape index (κ2) is 4.61. The number of para-hydroxylation sites is 1. The molecular formula is C19H13N3O. The first-order chi connectivity index (χ1) is 11.4. The Morgan fingerprint density at radius 3 is 2.74 bits per heavy atom. The van der Waals surface area contributed by atoms with E-state index in [1.807, 2.05) is 36.5 Å². The van der Waals surface area contributed by atoms with E-state index in [1.165, 1.54) is 5.39 Å². The Labute approximate surface area is 131 Å². The summed E-state index contributed by atoms with van der Waals surface area (Å²) >= 11 is 0. The first-order valence-corrected chi connectivity index (χ1v) is 7.48. The predicted molar refractivity (Wildman–Crippen MR) is 91.1 cm³/mol. The third kappa shape index (κ3) is 1.96. The van der Waals surface area contributed by atoms with Crippen molar-refractivity contribution in [1.82, 2.24) is 15.0 Å². The van der Waals surface area contributed by atoms with Crippen molar-refractivity contribution in [1.29, 1.82) is 0 Å². The maximum Gasteiger partial charge on any atom is 0.154 e. The minimum absolute atomic E-state index is 0.837. The fourth-order valence-electron chi connectivity index (χ4n) is 2.94. The van der Waals surface area contributed by atoms with E-state index in [9.17, 15) is 0 Å². The van der Waals surface area contributed by atoms with E-state index < -0.39 is 0 Å². The number of rotatable bonds is 2. The van der Waals surface area contributed by atoms with Gasteiger partial charge in [0.15, 0.2) is 5.82 Å². The molecule has 5 aromatic rings. The Morgan fingerprint density at radius 2 is 1.78 bits per heavy atom. The molecule has 0 saturated heterocycles.